The van der Waals surface area contributed by atoms with Gasteiger partial charge in [0.2, 0.25) is 0 Å². The zero-order valence-electron chi connectivity index (χ0n) is 18.5. The van der Waals surface area contributed by atoms with E-state index in [0.29, 0.717) is 6.04 Å². The lowest BCUT2D eigenvalue weighted by Gasteiger charge is -2.30. The van der Waals surface area contributed by atoms with Crippen LogP contribution < -0.4 is 5.32 Å². The minimum Gasteiger partial charge on any atom is -0.314 e. The summed E-state index contributed by atoms with van der Waals surface area (Å²) in [6, 6.07) is 7.76. The van der Waals surface area contributed by atoms with Crippen molar-refractivity contribution in [2.75, 3.05) is 13.1 Å². The average molecular weight is 359 g/mol. The van der Waals surface area contributed by atoms with Gasteiger partial charge in [-0.2, -0.15) is 0 Å². The van der Waals surface area contributed by atoms with Crippen molar-refractivity contribution in [2.24, 2.45) is 4.99 Å². The zero-order chi connectivity index (χ0) is 20.2. The molecule has 1 saturated heterocycles. The van der Waals surface area contributed by atoms with E-state index < -0.39 is 0 Å². The number of nitrogens with one attached hydrogen (secondary N) is 1. The number of allylic oxidation sites excluding steroid dienone is 1. The highest BCUT2D eigenvalue weighted by atomic mass is 14.9. The molecule has 26 heavy (non-hydrogen) atoms. The first-order chi connectivity index (χ1) is 12.2. The Kier molecular flexibility index (Phi) is 12.2. The first-order valence-corrected chi connectivity index (χ1v) is 10.1. The van der Waals surface area contributed by atoms with Gasteiger partial charge in [0.05, 0.1) is 0 Å². The summed E-state index contributed by atoms with van der Waals surface area (Å²) in [4.78, 5) is 3.85. The Morgan fingerprint density at radius 2 is 1.88 bits per heavy atom. The predicted octanol–water partition coefficient (Wildman–Crippen LogP) is 6.44. The minimum atomic E-state index is 0.249. The molecule has 0 spiro atoms. The second-order valence-electron chi connectivity index (χ2n) is 8.07. The first-order valence-electron chi connectivity index (χ1n) is 10.1. The number of hydrogen-bond donors (Lipinski definition) is 1. The van der Waals surface area contributed by atoms with Gasteiger partial charge in [0.1, 0.15) is 0 Å². The third kappa shape index (κ3) is 9.33. The van der Waals surface area contributed by atoms with Gasteiger partial charge < -0.3 is 5.32 Å². The van der Waals surface area contributed by atoms with Crippen LogP contribution in [0.2, 0.25) is 0 Å². The number of rotatable bonds is 2. The standard InChI is InChI=1S/C17H27N.C4H9N.C3H6/c1-12-6-7-14(11-16(12)17(3,4)5)15-8-9-18-13(2)10-15;1-3-5-4-2;1-3-2/h6-7,11,13,15,18H,8-10H2,1-5H3;3H,4H2,1-2H3;3H,1H2,2H3. The molecule has 0 saturated carbocycles. The second kappa shape index (κ2) is 12.9. The summed E-state index contributed by atoms with van der Waals surface area (Å²) in [7, 11) is 0. The van der Waals surface area contributed by atoms with E-state index in [1.54, 1.807) is 17.9 Å². The first kappa shape index (κ1) is 24.6. The molecule has 0 aliphatic carbocycles. The van der Waals surface area contributed by atoms with Crippen LogP contribution in [0.15, 0.2) is 35.8 Å². The van der Waals surface area contributed by atoms with Crippen LogP contribution in [-0.4, -0.2) is 25.3 Å². The molecule has 2 rings (SSSR count). The van der Waals surface area contributed by atoms with E-state index in [0.717, 1.165) is 19.0 Å². The number of benzene rings is 1. The van der Waals surface area contributed by atoms with Crippen LogP contribution in [-0.2, 0) is 5.41 Å². The lowest BCUT2D eigenvalue weighted by Crippen LogP contribution is -2.34. The van der Waals surface area contributed by atoms with Crippen LogP contribution in [0.1, 0.15) is 83.9 Å². The lowest BCUT2D eigenvalue weighted by molar-refractivity contribution is 0.381. The van der Waals surface area contributed by atoms with Crippen LogP contribution in [0.4, 0.5) is 0 Å². The Morgan fingerprint density at radius 3 is 2.31 bits per heavy atom. The fourth-order valence-electron chi connectivity index (χ4n) is 3.32. The van der Waals surface area contributed by atoms with Crippen molar-refractivity contribution in [3.05, 3.63) is 47.5 Å². The van der Waals surface area contributed by atoms with Crippen LogP contribution in [0, 0.1) is 6.92 Å². The van der Waals surface area contributed by atoms with E-state index in [2.05, 4.69) is 69.7 Å². The van der Waals surface area contributed by atoms with E-state index >= 15 is 0 Å². The molecule has 2 nitrogen and oxygen atoms in total. The fraction of sp³-hybridized carbons (Fsp3) is 0.625. The summed E-state index contributed by atoms with van der Waals surface area (Å²) in [6.07, 6.45) is 6.10. The molecule has 1 aromatic rings. The maximum Gasteiger partial charge on any atom is 0.0356 e. The summed E-state index contributed by atoms with van der Waals surface area (Å²) in [6.45, 7) is 22.7. The van der Waals surface area contributed by atoms with Gasteiger partial charge in [-0.25, -0.2) is 0 Å². The van der Waals surface area contributed by atoms with Gasteiger partial charge in [-0.05, 0) is 88.2 Å². The molecular weight excluding hydrogens is 316 g/mol. The predicted molar refractivity (Wildman–Crippen MR) is 120 cm³/mol. The molecule has 0 radical (unpaired) electrons. The van der Waals surface area contributed by atoms with E-state index in [1.807, 2.05) is 20.8 Å². The Bertz CT molecular complexity index is 538. The molecule has 2 atom stereocenters. The molecule has 2 unspecified atom stereocenters. The zero-order valence-corrected chi connectivity index (χ0v) is 18.5. The number of piperidine rings is 1. The Hall–Kier alpha value is -1.41. The quantitative estimate of drug-likeness (QED) is 0.477. The van der Waals surface area contributed by atoms with Crippen molar-refractivity contribution in [3.8, 4) is 0 Å². The molecule has 148 valence electrons. The lowest BCUT2D eigenvalue weighted by atomic mass is 9.79. The maximum absolute atomic E-state index is 3.85. The van der Waals surface area contributed by atoms with Crippen molar-refractivity contribution in [1.29, 1.82) is 0 Å². The average Bonchev–Trinajstić information content (AvgIpc) is 2.56. The third-order valence-electron chi connectivity index (χ3n) is 4.53. The smallest absolute Gasteiger partial charge is 0.0356 e. The van der Waals surface area contributed by atoms with Gasteiger partial charge in [0.25, 0.3) is 0 Å². The third-order valence-corrected chi connectivity index (χ3v) is 4.53. The Balaban J connectivity index is 0.000000663. The number of hydrogen-bond acceptors (Lipinski definition) is 2. The summed E-state index contributed by atoms with van der Waals surface area (Å²) >= 11 is 0. The maximum atomic E-state index is 3.85. The largest absolute Gasteiger partial charge is 0.314 e. The number of aliphatic imine (C=N–C) groups is 1. The molecule has 2 heteroatoms. The number of nitrogens with zero attached hydrogens (tertiary/aromatic N) is 1. The minimum absolute atomic E-state index is 0.249. The van der Waals surface area contributed by atoms with E-state index in [1.165, 1.54) is 24.0 Å². The van der Waals surface area contributed by atoms with Gasteiger partial charge in [0, 0.05) is 12.6 Å². The topological polar surface area (TPSA) is 24.4 Å². The van der Waals surface area contributed by atoms with Crippen molar-refractivity contribution >= 4 is 6.21 Å². The highest BCUT2D eigenvalue weighted by molar-refractivity contribution is 5.52. The molecular formula is C24H42N2. The van der Waals surface area contributed by atoms with Crippen LogP contribution in [0.3, 0.4) is 0 Å². The summed E-state index contributed by atoms with van der Waals surface area (Å²) < 4.78 is 0. The van der Waals surface area contributed by atoms with Crippen molar-refractivity contribution in [3.63, 3.8) is 0 Å². The van der Waals surface area contributed by atoms with Crippen LogP contribution in [0.25, 0.3) is 0 Å². The normalized spacial score (nSPS) is 19.8. The van der Waals surface area contributed by atoms with Crippen LogP contribution in [0.5, 0.6) is 0 Å². The molecule has 1 aromatic carbocycles. The highest BCUT2D eigenvalue weighted by Gasteiger charge is 2.22. The summed E-state index contributed by atoms with van der Waals surface area (Å²) in [5, 5.41) is 3.54. The van der Waals surface area contributed by atoms with Crippen molar-refractivity contribution in [2.45, 2.75) is 85.6 Å². The Labute approximate surface area is 163 Å². The molecule has 1 N–H and O–H groups in total. The molecule has 0 aromatic heterocycles. The van der Waals surface area contributed by atoms with E-state index in [-0.39, 0.29) is 5.41 Å². The molecule has 1 fully saturated rings. The van der Waals surface area contributed by atoms with E-state index in [9.17, 15) is 0 Å². The molecule has 0 amide bonds. The molecule has 1 aliphatic rings. The van der Waals surface area contributed by atoms with Crippen molar-refractivity contribution < 1.29 is 0 Å². The monoisotopic (exact) mass is 358 g/mol. The Morgan fingerprint density at radius 1 is 1.27 bits per heavy atom. The van der Waals surface area contributed by atoms with Gasteiger partial charge in [-0.15, -0.1) is 6.58 Å². The molecule has 0 bridgehead atoms. The van der Waals surface area contributed by atoms with Gasteiger partial charge in [0.15, 0.2) is 0 Å². The fourth-order valence-corrected chi connectivity index (χ4v) is 3.32. The summed E-state index contributed by atoms with van der Waals surface area (Å²) in [5.74, 6) is 0.739. The van der Waals surface area contributed by atoms with Gasteiger partial charge in [-0.1, -0.05) is 45.0 Å². The van der Waals surface area contributed by atoms with Crippen LogP contribution >= 0.6 is 0 Å². The molecule has 1 aliphatic heterocycles. The summed E-state index contributed by atoms with van der Waals surface area (Å²) in [5.41, 5.74) is 4.72. The second-order valence-corrected chi connectivity index (χ2v) is 8.07. The highest BCUT2D eigenvalue weighted by Crippen LogP contribution is 2.32. The van der Waals surface area contributed by atoms with Crippen molar-refractivity contribution in [1.82, 2.24) is 5.32 Å². The van der Waals surface area contributed by atoms with Gasteiger partial charge in [-0.3, -0.25) is 4.99 Å². The van der Waals surface area contributed by atoms with E-state index in [4.69, 9.17) is 0 Å². The van der Waals surface area contributed by atoms with Gasteiger partial charge >= 0.3 is 0 Å². The number of aryl methyl sites for hydroxylation is 1. The molecule has 1 heterocycles. The SMILES string of the molecule is C=CC.CC=NCC.Cc1ccc(C2CCNC(C)C2)cc1C(C)(C)C.